The molecule has 29 heavy (non-hydrogen) atoms. The second-order valence-electron chi connectivity index (χ2n) is 10.5. The molecule has 2 atom stereocenters. The van der Waals surface area contributed by atoms with E-state index in [2.05, 4.69) is 48.6 Å². The Morgan fingerprint density at radius 2 is 1.72 bits per heavy atom. The molecule has 0 aliphatic heterocycles. The molecule has 0 saturated heterocycles. The smallest absolute Gasteiger partial charge is 0.226 e. The minimum absolute atomic E-state index is 0.168. The van der Waals surface area contributed by atoms with Crippen molar-refractivity contribution in [2.24, 2.45) is 28.9 Å². The Bertz CT molecular complexity index is 772. The van der Waals surface area contributed by atoms with Crippen molar-refractivity contribution in [2.75, 3.05) is 6.54 Å². The molecule has 3 heteroatoms. The zero-order valence-corrected chi connectivity index (χ0v) is 17.8. The Kier molecular flexibility index (Phi) is 4.85. The number of nitrogens with two attached hydrogens (primary N) is 1. The average molecular weight is 393 g/mol. The van der Waals surface area contributed by atoms with Crippen LogP contribution in [0.2, 0.25) is 0 Å². The van der Waals surface area contributed by atoms with Crippen molar-refractivity contribution in [3.63, 3.8) is 0 Å². The van der Waals surface area contributed by atoms with Crippen LogP contribution in [0.25, 0.3) is 0 Å². The Balaban J connectivity index is 1.40. The van der Waals surface area contributed by atoms with Gasteiger partial charge < -0.3 is 11.1 Å². The van der Waals surface area contributed by atoms with Crippen molar-refractivity contribution in [2.45, 2.75) is 76.2 Å². The van der Waals surface area contributed by atoms with Gasteiger partial charge in [0.2, 0.25) is 5.91 Å². The molecule has 0 aromatic heterocycles. The summed E-state index contributed by atoms with van der Waals surface area (Å²) in [5.41, 5.74) is 8.98. The fraction of sp³-hybridized carbons (Fsp3) is 0.654. The Morgan fingerprint density at radius 1 is 1.07 bits per heavy atom. The normalized spacial score (nSPS) is 40.7. The first-order valence-electron chi connectivity index (χ1n) is 11.8. The number of rotatable bonds is 4. The number of allylic oxidation sites excluding steroid dienone is 2. The SMILES string of the molecule is CC=C1C2CC3(C(=O)NC4CCC(CN)CC4)CC1CC(c1ccccc1)(C2)C3. The highest BCUT2D eigenvalue weighted by Gasteiger charge is 2.62. The van der Waals surface area contributed by atoms with E-state index in [0.717, 1.165) is 51.5 Å². The van der Waals surface area contributed by atoms with Crippen molar-refractivity contribution in [1.82, 2.24) is 5.32 Å². The first kappa shape index (κ1) is 19.4. The summed E-state index contributed by atoms with van der Waals surface area (Å²) in [4.78, 5) is 13.7. The highest BCUT2D eigenvalue weighted by Crippen LogP contribution is 2.67. The highest BCUT2D eigenvalue weighted by atomic mass is 16.2. The molecule has 5 aliphatic carbocycles. The van der Waals surface area contributed by atoms with E-state index >= 15 is 0 Å². The van der Waals surface area contributed by atoms with Gasteiger partial charge >= 0.3 is 0 Å². The van der Waals surface area contributed by atoms with Crippen LogP contribution in [0, 0.1) is 23.2 Å². The molecule has 5 aliphatic rings. The van der Waals surface area contributed by atoms with Gasteiger partial charge in [-0.1, -0.05) is 42.0 Å². The van der Waals surface area contributed by atoms with Gasteiger partial charge in [0.15, 0.2) is 0 Å². The highest BCUT2D eigenvalue weighted by molar-refractivity contribution is 5.84. The first-order chi connectivity index (χ1) is 14.1. The zero-order chi connectivity index (χ0) is 20.1. The summed E-state index contributed by atoms with van der Waals surface area (Å²) in [6, 6.07) is 11.4. The Hall–Kier alpha value is -1.61. The summed E-state index contributed by atoms with van der Waals surface area (Å²) in [6.07, 6.45) is 12.5. The van der Waals surface area contributed by atoms with Crippen LogP contribution in [0.5, 0.6) is 0 Å². The lowest BCUT2D eigenvalue weighted by Crippen LogP contribution is -2.60. The van der Waals surface area contributed by atoms with Gasteiger partial charge in [-0.25, -0.2) is 0 Å². The largest absolute Gasteiger partial charge is 0.353 e. The molecular weight excluding hydrogens is 356 g/mol. The standard InChI is InChI=1S/C26H36N2O/c1-2-23-19-12-25(21-6-4-3-5-7-21)13-20(23)15-26(14-19,17-25)24(29)28-22-10-8-18(16-27)9-11-22/h2-7,18-20,22H,8-17,27H2,1H3,(H,28,29). The lowest BCUT2D eigenvalue weighted by molar-refractivity contribution is -0.145. The third kappa shape index (κ3) is 3.17. The number of hydrogen-bond acceptors (Lipinski definition) is 2. The molecule has 1 amide bonds. The molecule has 1 aromatic rings. The summed E-state index contributed by atoms with van der Waals surface area (Å²) >= 11 is 0. The van der Waals surface area contributed by atoms with E-state index in [0.29, 0.717) is 29.7 Å². The quantitative estimate of drug-likeness (QED) is 0.729. The predicted octanol–water partition coefficient (Wildman–Crippen LogP) is 4.71. The van der Waals surface area contributed by atoms with Crippen molar-refractivity contribution in [3.05, 3.63) is 47.5 Å². The molecule has 2 unspecified atom stereocenters. The fourth-order valence-corrected chi connectivity index (χ4v) is 7.69. The van der Waals surface area contributed by atoms with E-state index in [-0.39, 0.29) is 10.8 Å². The van der Waals surface area contributed by atoms with Crippen LogP contribution in [0.3, 0.4) is 0 Å². The van der Waals surface area contributed by atoms with Crippen LogP contribution in [0.1, 0.15) is 70.3 Å². The number of benzene rings is 1. The molecule has 0 heterocycles. The molecular formula is C26H36N2O. The van der Waals surface area contributed by atoms with Crippen molar-refractivity contribution >= 4 is 5.91 Å². The maximum atomic E-state index is 13.7. The monoisotopic (exact) mass is 392 g/mol. The van der Waals surface area contributed by atoms with Crippen molar-refractivity contribution in [3.8, 4) is 0 Å². The summed E-state index contributed by atoms with van der Waals surface area (Å²) in [5.74, 6) is 2.18. The number of carbonyl (C=O) groups excluding carboxylic acids is 1. The molecule has 0 spiro atoms. The first-order valence-corrected chi connectivity index (χ1v) is 11.8. The van der Waals surface area contributed by atoms with E-state index in [1.165, 1.54) is 18.4 Å². The van der Waals surface area contributed by atoms with Crippen LogP contribution in [0.4, 0.5) is 0 Å². The average Bonchev–Trinajstić information content (AvgIpc) is 2.74. The molecule has 3 N–H and O–H groups in total. The number of hydrogen-bond donors (Lipinski definition) is 2. The molecule has 5 saturated carbocycles. The van der Waals surface area contributed by atoms with Crippen LogP contribution >= 0.6 is 0 Å². The summed E-state index contributed by atoms with van der Waals surface area (Å²) in [7, 11) is 0. The molecule has 3 nitrogen and oxygen atoms in total. The molecule has 6 rings (SSSR count). The third-order valence-electron chi connectivity index (χ3n) is 8.88. The van der Waals surface area contributed by atoms with Crippen molar-refractivity contribution in [1.29, 1.82) is 0 Å². The van der Waals surface area contributed by atoms with Crippen molar-refractivity contribution < 1.29 is 4.79 Å². The Labute approximate surface area is 175 Å². The zero-order valence-electron chi connectivity index (χ0n) is 17.8. The van der Waals surface area contributed by atoms with Crippen LogP contribution < -0.4 is 11.1 Å². The summed E-state index contributed by atoms with van der Waals surface area (Å²) < 4.78 is 0. The van der Waals surface area contributed by atoms with Crippen LogP contribution in [0.15, 0.2) is 42.0 Å². The van der Waals surface area contributed by atoms with Gasteiger partial charge in [-0.15, -0.1) is 0 Å². The molecule has 0 radical (unpaired) electrons. The molecule has 156 valence electrons. The second-order valence-corrected chi connectivity index (χ2v) is 10.5. The number of nitrogens with one attached hydrogen (secondary N) is 1. The van der Waals surface area contributed by atoms with Gasteiger partial charge in [-0.2, -0.15) is 0 Å². The molecule has 4 bridgehead atoms. The van der Waals surface area contributed by atoms with Gasteiger partial charge in [0.05, 0.1) is 5.41 Å². The van der Waals surface area contributed by atoms with Crippen LogP contribution in [-0.2, 0) is 10.2 Å². The van der Waals surface area contributed by atoms with E-state index in [4.69, 9.17) is 5.73 Å². The summed E-state index contributed by atoms with van der Waals surface area (Å²) in [5, 5.41) is 3.52. The Morgan fingerprint density at radius 3 is 2.31 bits per heavy atom. The third-order valence-corrected chi connectivity index (χ3v) is 8.88. The van der Waals surface area contributed by atoms with E-state index in [1.54, 1.807) is 5.57 Å². The van der Waals surface area contributed by atoms with Gasteiger partial charge in [0.25, 0.3) is 0 Å². The predicted molar refractivity (Wildman–Crippen MR) is 117 cm³/mol. The maximum Gasteiger partial charge on any atom is 0.226 e. The molecule has 1 aromatic carbocycles. The van der Waals surface area contributed by atoms with Gasteiger partial charge in [-0.05, 0) is 100.0 Å². The maximum absolute atomic E-state index is 13.7. The minimum atomic E-state index is -0.168. The lowest BCUT2D eigenvalue weighted by atomic mass is 9.41. The topological polar surface area (TPSA) is 55.1 Å². The minimum Gasteiger partial charge on any atom is -0.353 e. The van der Waals surface area contributed by atoms with E-state index in [9.17, 15) is 4.79 Å². The summed E-state index contributed by atoms with van der Waals surface area (Å²) in [6.45, 7) is 3.00. The molecule has 5 fully saturated rings. The fourth-order valence-electron chi connectivity index (χ4n) is 7.69. The number of amides is 1. The van der Waals surface area contributed by atoms with E-state index in [1.807, 2.05) is 0 Å². The van der Waals surface area contributed by atoms with Gasteiger partial charge in [-0.3, -0.25) is 4.79 Å². The van der Waals surface area contributed by atoms with Gasteiger partial charge in [0, 0.05) is 6.04 Å². The lowest BCUT2D eigenvalue weighted by Gasteiger charge is -2.62. The van der Waals surface area contributed by atoms with E-state index < -0.39 is 0 Å². The number of carbonyl (C=O) groups is 1. The van der Waals surface area contributed by atoms with Gasteiger partial charge in [0.1, 0.15) is 0 Å². The second kappa shape index (κ2) is 7.27. The van der Waals surface area contributed by atoms with Crippen LogP contribution in [-0.4, -0.2) is 18.5 Å².